The van der Waals surface area contributed by atoms with Gasteiger partial charge in [-0.25, -0.2) is 14.8 Å². The second-order valence-corrected chi connectivity index (χ2v) is 4.65. The molecular weight excluding hydrogens is 289 g/mol. The molecule has 21 heavy (non-hydrogen) atoms. The van der Waals surface area contributed by atoms with E-state index < -0.39 is 17.9 Å². The van der Waals surface area contributed by atoms with Crippen molar-refractivity contribution < 1.29 is 22.7 Å². The molecule has 1 aromatic rings. The zero-order valence-corrected chi connectivity index (χ0v) is 11.1. The predicted octanol–water partition coefficient (Wildman–Crippen LogP) is 1.33. The monoisotopic (exact) mass is 304 g/mol. The second kappa shape index (κ2) is 6.70. The Morgan fingerprint density at radius 1 is 1.43 bits per heavy atom. The lowest BCUT2D eigenvalue weighted by molar-refractivity contribution is -0.141. The number of hydrogen-bond acceptors (Lipinski definition) is 4. The van der Waals surface area contributed by atoms with Crippen LogP contribution in [-0.4, -0.2) is 35.8 Å². The van der Waals surface area contributed by atoms with Gasteiger partial charge in [-0.05, 0) is 12.5 Å². The summed E-state index contributed by atoms with van der Waals surface area (Å²) in [5, 5.41) is 5.05. The third-order valence-electron chi connectivity index (χ3n) is 2.98. The predicted molar refractivity (Wildman–Crippen MR) is 66.2 cm³/mol. The average molecular weight is 304 g/mol. The number of hydrogen-bond donors (Lipinski definition) is 2. The number of nitrogens with one attached hydrogen (secondary N) is 2. The Morgan fingerprint density at radius 3 is 2.90 bits per heavy atom. The third kappa shape index (κ3) is 4.85. The fourth-order valence-electron chi connectivity index (χ4n) is 1.85. The molecule has 0 aliphatic carbocycles. The molecular formula is C12H15F3N4O2. The molecule has 1 unspecified atom stereocenters. The van der Waals surface area contributed by atoms with Crippen LogP contribution in [0.3, 0.4) is 0 Å². The van der Waals surface area contributed by atoms with Gasteiger partial charge >= 0.3 is 12.2 Å². The molecule has 2 amide bonds. The number of carbonyl (C=O) groups excluding carboxylic acids is 1. The van der Waals surface area contributed by atoms with Crippen molar-refractivity contribution in [2.75, 3.05) is 19.8 Å². The minimum atomic E-state index is -4.53. The Balaban J connectivity index is 1.78. The summed E-state index contributed by atoms with van der Waals surface area (Å²) in [5.41, 5.74) is -1.03. The smallest absolute Gasteiger partial charge is 0.381 e. The number of carbonyl (C=O) groups is 1. The minimum absolute atomic E-state index is 0.0934. The van der Waals surface area contributed by atoms with Crippen LogP contribution in [0.4, 0.5) is 18.0 Å². The fraction of sp³-hybridized carbons (Fsp3) is 0.583. The largest absolute Gasteiger partial charge is 0.433 e. The first-order valence-electron chi connectivity index (χ1n) is 6.43. The van der Waals surface area contributed by atoms with Crippen LogP contribution in [-0.2, 0) is 17.5 Å². The van der Waals surface area contributed by atoms with Gasteiger partial charge in [0.05, 0.1) is 13.2 Å². The van der Waals surface area contributed by atoms with Crippen molar-refractivity contribution in [2.24, 2.45) is 5.92 Å². The highest BCUT2D eigenvalue weighted by molar-refractivity contribution is 5.73. The first-order chi connectivity index (χ1) is 9.95. The van der Waals surface area contributed by atoms with E-state index >= 15 is 0 Å². The minimum Gasteiger partial charge on any atom is -0.381 e. The number of halogens is 3. The third-order valence-corrected chi connectivity index (χ3v) is 2.98. The summed E-state index contributed by atoms with van der Waals surface area (Å²) >= 11 is 0. The molecule has 116 valence electrons. The van der Waals surface area contributed by atoms with Crippen molar-refractivity contribution >= 4 is 6.03 Å². The van der Waals surface area contributed by atoms with E-state index in [1.165, 1.54) is 0 Å². The maximum atomic E-state index is 12.5. The number of amides is 2. The average Bonchev–Trinajstić information content (AvgIpc) is 2.95. The maximum Gasteiger partial charge on any atom is 0.433 e. The summed E-state index contributed by atoms with van der Waals surface area (Å²) in [7, 11) is 0. The van der Waals surface area contributed by atoms with Crippen LogP contribution in [0.15, 0.2) is 12.3 Å². The molecule has 1 aromatic heterocycles. The van der Waals surface area contributed by atoms with Crippen molar-refractivity contribution in [1.82, 2.24) is 20.6 Å². The molecule has 1 aliphatic rings. The van der Waals surface area contributed by atoms with Crippen LogP contribution in [0, 0.1) is 5.92 Å². The highest BCUT2D eigenvalue weighted by Crippen LogP contribution is 2.26. The van der Waals surface area contributed by atoms with Gasteiger partial charge in [-0.2, -0.15) is 13.2 Å². The molecule has 0 spiro atoms. The molecule has 1 fully saturated rings. The molecule has 0 radical (unpaired) electrons. The summed E-state index contributed by atoms with van der Waals surface area (Å²) in [6, 6.07) is 0.312. The van der Waals surface area contributed by atoms with Crippen LogP contribution < -0.4 is 10.6 Å². The maximum absolute atomic E-state index is 12.5. The van der Waals surface area contributed by atoms with E-state index in [0.29, 0.717) is 19.8 Å². The molecule has 2 N–H and O–H groups in total. The summed E-state index contributed by atoms with van der Waals surface area (Å²) in [5.74, 6) is 0.185. The van der Waals surface area contributed by atoms with Gasteiger partial charge in [0.1, 0.15) is 11.5 Å². The number of urea groups is 1. The molecule has 0 bridgehead atoms. The number of rotatable bonds is 4. The molecule has 1 atom stereocenters. The molecule has 1 saturated heterocycles. The summed E-state index contributed by atoms with van der Waals surface area (Å²) < 4.78 is 42.5. The van der Waals surface area contributed by atoms with Gasteiger partial charge in [-0.3, -0.25) is 0 Å². The molecule has 2 rings (SSSR count). The molecule has 0 aromatic carbocycles. The molecule has 1 aliphatic heterocycles. The topological polar surface area (TPSA) is 76.1 Å². The lowest BCUT2D eigenvalue weighted by atomic mass is 10.1. The van der Waals surface area contributed by atoms with Crippen LogP contribution in [0.2, 0.25) is 0 Å². The van der Waals surface area contributed by atoms with Crippen molar-refractivity contribution in [1.29, 1.82) is 0 Å². The Hall–Kier alpha value is -1.90. The lowest BCUT2D eigenvalue weighted by Gasteiger charge is -2.11. The van der Waals surface area contributed by atoms with E-state index in [1.54, 1.807) is 0 Å². The van der Waals surface area contributed by atoms with E-state index in [2.05, 4.69) is 20.6 Å². The number of alkyl halides is 3. The highest BCUT2D eigenvalue weighted by atomic mass is 19.4. The van der Waals surface area contributed by atoms with Crippen LogP contribution >= 0.6 is 0 Å². The van der Waals surface area contributed by atoms with Gasteiger partial charge in [-0.15, -0.1) is 0 Å². The molecule has 6 nitrogen and oxygen atoms in total. The van der Waals surface area contributed by atoms with Gasteiger partial charge in [-0.1, -0.05) is 0 Å². The first-order valence-corrected chi connectivity index (χ1v) is 6.43. The quantitative estimate of drug-likeness (QED) is 0.880. The first kappa shape index (κ1) is 15.5. The number of ether oxygens (including phenoxy) is 1. The van der Waals surface area contributed by atoms with E-state index in [-0.39, 0.29) is 18.3 Å². The van der Waals surface area contributed by atoms with Gasteiger partial charge in [0.25, 0.3) is 0 Å². The Kier molecular flexibility index (Phi) is 4.94. The zero-order chi connectivity index (χ0) is 15.3. The Labute approximate surface area is 119 Å². The molecule has 9 heteroatoms. The normalized spacial score (nSPS) is 18.5. The Bertz CT molecular complexity index is 490. The van der Waals surface area contributed by atoms with Crippen LogP contribution in [0.5, 0.6) is 0 Å². The van der Waals surface area contributed by atoms with E-state index in [0.717, 1.165) is 18.7 Å². The van der Waals surface area contributed by atoms with E-state index in [9.17, 15) is 18.0 Å². The van der Waals surface area contributed by atoms with Crippen molar-refractivity contribution in [3.05, 3.63) is 23.8 Å². The fourth-order valence-corrected chi connectivity index (χ4v) is 1.85. The van der Waals surface area contributed by atoms with Gasteiger partial charge < -0.3 is 15.4 Å². The van der Waals surface area contributed by atoms with Gasteiger partial charge in [0.2, 0.25) is 0 Å². The summed E-state index contributed by atoms with van der Waals surface area (Å²) in [4.78, 5) is 18.6. The summed E-state index contributed by atoms with van der Waals surface area (Å²) in [6.45, 7) is 1.59. The number of aromatic nitrogens is 2. The molecule has 0 saturated carbocycles. The van der Waals surface area contributed by atoms with Crippen LogP contribution in [0.1, 0.15) is 17.9 Å². The van der Waals surface area contributed by atoms with Gasteiger partial charge in [0.15, 0.2) is 0 Å². The van der Waals surface area contributed by atoms with E-state index in [1.807, 2.05) is 0 Å². The van der Waals surface area contributed by atoms with Crippen molar-refractivity contribution in [2.45, 2.75) is 19.1 Å². The standard InChI is InChI=1S/C12H15F3N4O2/c13-12(14,15)9-1-3-16-10(19-9)6-18-11(20)17-5-8-2-4-21-7-8/h1,3,8H,2,4-7H2,(H2,17,18,20). The molecule has 2 heterocycles. The SMILES string of the molecule is O=C(NCc1nccc(C(F)(F)F)n1)NCC1CCOC1. The van der Waals surface area contributed by atoms with Gasteiger partial charge in [0, 0.05) is 25.3 Å². The van der Waals surface area contributed by atoms with Crippen molar-refractivity contribution in [3.63, 3.8) is 0 Å². The zero-order valence-electron chi connectivity index (χ0n) is 11.1. The second-order valence-electron chi connectivity index (χ2n) is 4.65. The lowest BCUT2D eigenvalue weighted by Crippen LogP contribution is -2.38. The van der Waals surface area contributed by atoms with E-state index in [4.69, 9.17) is 4.74 Å². The van der Waals surface area contributed by atoms with Crippen molar-refractivity contribution in [3.8, 4) is 0 Å². The number of nitrogens with zero attached hydrogens (tertiary/aromatic N) is 2. The van der Waals surface area contributed by atoms with Crippen LogP contribution in [0.25, 0.3) is 0 Å². The Morgan fingerprint density at radius 2 is 2.24 bits per heavy atom. The highest BCUT2D eigenvalue weighted by Gasteiger charge is 2.32. The summed E-state index contributed by atoms with van der Waals surface area (Å²) in [6.07, 6.45) is -2.62.